The molecule has 0 fully saturated rings. The Morgan fingerprint density at radius 3 is 2.41 bits per heavy atom. The minimum Gasteiger partial charge on any atom is -0.467 e. The van der Waals surface area contributed by atoms with Crippen LogP contribution in [-0.2, 0) is 27.4 Å². The van der Waals surface area contributed by atoms with Gasteiger partial charge in [-0.05, 0) is 17.7 Å². The molecule has 2 rings (SSSR count). The molecule has 0 aliphatic carbocycles. The largest absolute Gasteiger partial charge is 0.467 e. The number of ether oxygens (including phenoxy) is 1. The number of benzene rings is 1. The maximum absolute atomic E-state index is 12.9. The van der Waals surface area contributed by atoms with Crippen molar-refractivity contribution >= 4 is 35.0 Å². The van der Waals surface area contributed by atoms with Crippen molar-refractivity contribution in [2.24, 2.45) is 0 Å². The smallest absolute Gasteiger partial charge is 0.256 e. The second kappa shape index (κ2) is 11.0. The molecule has 0 atom stereocenters. The van der Waals surface area contributed by atoms with Crippen LogP contribution in [0.4, 0.5) is 0 Å². The Hall–Kier alpha value is -2.02. The number of hydrogen-bond donors (Lipinski definition) is 0. The van der Waals surface area contributed by atoms with Crippen molar-refractivity contribution in [3.63, 3.8) is 0 Å². The lowest BCUT2D eigenvalue weighted by Gasteiger charge is -2.27. The number of halogens is 2. The predicted molar refractivity (Wildman–Crippen MR) is 103 cm³/mol. The minimum atomic E-state index is -1.23. The summed E-state index contributed by atoms with van der Waals surface area (Å²) >= 11 is 11.4. The van der Waals surface area contributed by atoms with Crippen LogP contribution in [0.3, 0.4) is 0 Å². The highest BCUT2D eigenvalue weighted by molar-refractivity contribution is 6.53. The third kappa shape index (κ3) is 6.90. The third-order valence-corrected chi connectivity index (χ3v) is 4.26. The van der Waals surface area contributed by atoms with Gasteiger partial charge in [0, 0.05) is 20.2 Å². The highest BCUT2D eigenvalue weighted by Gasteiger charge is 2.25. The van der Waals surface area contributed by atoms with Crippen molar-refractivity contribution in [3.8, 4) is 0 Å². The third-order valence-electron chi connectivity index (χ3n) is 3.89. The fourth-order valence-corrected chi connectivity index (χ4v) is 2.77. The van der Waals surface area contributed by atoms with Crippen LogP contribution in [0.5, 0.6) is 0 Å². The summed E-state index contributed by atoms with van der Waals surface area (Å²) in [5.41, 5.74) is 0.972. The zero-order valence-corrected chi connectivity index (χ0v) is 16.5. The van der Waals surface area contributed by atoms with Crippen LogP contribution in [0.2, 0.25) is 0 Å². The van der Waals surface area contributed by atoms with E-state index in [1.165, 1.54) is 12.0 Å². The van der Waals surface area contributed by atoms with Crippen LogP contribution in [0.25, 0.3) is 0 Å². The number of rotatable bonds is 10. The highest BCUT2D eigenvalue weighted by atomic mass is 35.5. The van der Waals surface area contributed by atoms with Gasteiger partial charge in [-0.1, -0.05) is 53.5 Å². The first kappa shape index (κ1) is 21.3. The van der Waals surface area contributed by atoms with Crippen molar-refractivity contribution in [1.29, 1.82) is 0 Å². The second-order valence-corrected chi connectivity index (χ2v) is 6.96. The van der Waals surface area contributed by atoms with Gasteiger partial charge in [0.15, 0.2) is 4.84 Å². The first-order valence-corrected chi connectivity index (χ1v) is 9.28. The molecule has 0 aliphatic rings. The molecule has 1 aromatic heterocycles. The van der Waals surface area contributed by atoms with Gasteiger partial charge in [-0.25, -0.2) is 0 Å². The lowest BCUT2D eigenvalue weighted by atomic mass is 10.2. The Labute approximate surface area is 168 Å². The first-order valence-electron chi connectivity index (χ1n) is 8.41. The lowest BCUT2D eigenvalue weighted by molar-refractivity contribution is -0.141. The molecule has 1 heterocycles. The fourth-order valence-electron chi connectivity index (χ4n) is 2.50. The summed E-state index contributed by atoms with van der Waals surface area (Å²) in [6.45, 7) is 1.02. The molecule has 6 nitrogen and oxygen atoms in total. The highest BCUT2D eigenvalue weighted by Crippen LogP contribution is 2.13. The van der Waals surface area contributed by atoms with E-state index in [1.807, 2.05) is 30.3 Å². The van der Waals surface area contributed by atoms with Crippen LogP contribution in [0.1, 0.15) is 11.3 Å². The maximum Gasteiger partial charge on any atom is 0.256 e. The molecule has 0 spiro atoms. The van der Waals surface area contributed by atoms with E-state index < -0.39 is 10.7 Å². The average Bonchev–Trinajstić information content (AvgIpc) is 3.17. The molecule has 0 unspecified atom stereocenters. The van der Waals surface area contributed by atoms with Crippen molar-refractivity contribution in [2.45, 2.75) is 17.9 Å². The molecule has 0 saturated carbocycles. The fraction of sp³-hybridized carbons (Fsp3) is 0.368. The Balaban J connectivity index is 2.13. The van der Waals surface area contributed by atoms with E-state index in [0.29, 0.717) is 12.3 Å². The predicted octanol–water partition coefficient (Wildman–Crippen LogP) is 3.09. The molecule has 0 radical (unpaired) electrons. The summed E-state index contributed by atoms with van der Waals surface area (Å²) in [5, 5.41) is 0. The van der Waals surface area contributed by atoms with Crippen LogP contribution >= 0.6 is 23.2 Å². The Kier molecular flexibility index (Phi) is 8.64. The zero-order chi connectivity index (χ0) is 19.6. The van der Waals surface area contributed by atoms with Crippen molar-refractivity contribution in [1.82, 2.24) is 9.80 Å². The molecule has 2 amide bonds. The van der Waals surface area contributed by atoms with E-state index in [-0.39, 0.29) is 32.1 Å². The van der Waals surface area contributed by atoms with Crippen LogP contribution in [-0.4, -0.2) is 53.3 Å². The van der Waals surface area contributed by atoms with Gasteiger partial charge in [0.25, 0.3) is 5.91 Å². The first-order chi connectivity index (χ1) is 13.0. The molecule has 8 heteroatoms. The number of amides is 2. The van der Waals surface area contributed by atoms with Gasteiger partial charge in [-0.2, -0.15) is 0 Å². The summed E-state index contributed by atoms with van der Waals surface area (Å²) in [7, 11) is 1.52. The number of hydrogen-bond acceptors (Lipinski definition) is 4. The molecular weight excluding hydrogens is 391 g/mol. The van der Waals surface area contributed by atoms with E-state index in [0.717, 1.165) is 5.56 Å². The number of carbonyl (C=O) groups excluding carboxylic acids is 2. The van der Waals surface area contributed by atoms with Gasteiger partial charge in [0.05, 0.1) is 26.0 Å². The summed E-state index contributed by atoms with van der Waals surface area (Å²) in [4.78, 5) is 26.8. The summed E-state index contributed by atoms with van der Waals surface area (Å²) in [6.07, 6.45) is 1.56. The molecule has 1 aromatic carbocycles. The maximum atomic E-state index is 12.9. The molecule has 2 aromatic rings. The molecule has 0 aliphatic heterocycles. The number of alkyl halides is 2. The van der Waals surface area contributed by atoms with Gasteiger partial charge in [0.1, 0.15) is 5.76 Å². The van der Waals surface area contributed by atoms with Gasteiger partial charge >= 0.3 is 0 Å². The summed E-state index contributed by atoms with van der Waals surface area (Å²) < 4.78 is 10.4. The van der Waals surface area contributed by atoms with E-state index in [9.17, 15) is 9.59 Å². The van der Waals surface area contributed by atoms with Crippen LogP contribution in [0, 0.1) is 0 Å². The average molecular weight is 413 g/mol. The topological polar surface area (TPSA) is 63.0 Å². The number of furan rings is 1. The Bertz CT molecular complexity index is 708. The standard InChI is InChI=1S/C19H22Cl2N2O4/c1-26-11-9-22(19(25)18(20)21)14-17(24)23(13-16-8-5-10-27-16)12-15-6-3-2-4-7-15/h2-8,10,18H,9,11-14H2,1H3. The quantitative estimate of drug-likeness (QED) is 0.562. The number of carbonyl (C=O) groups is 2. The molecule has 146 valence electrons. The minimum absolute atomic E-state index is 0.147. The molecule has 0 saturated heterocycles. The monoisotopic (exact) mass is 412 g/mol. The van der Waals surface area contributed by atoms with Gasteiger partial charge < -0.3 is 19.0 Å². The van der Waals surface area contributed by atoms with Crippen LogP contribution < -0.4 is 0 Å². The van der Waals surface area contributed by atoms with Crippen molar-refractivity contribution < 1.29 is 18.7 Å². The summed E-state index contributed by atoms with van der Waals surface area (Å²) in [6, 6.07) is 13.2. The van der Waals surface area contributed by atoms with Crippen LogP contribution in [0.15, 0.2) is 53.1 Å². The van der Waals surface area contributed by atoms with E-state index >= 15 is 0 Å². The van der Waals surface area contributed by atoms with Crippen molar-refractivity contribution in [3.05, 3.63) is 60.1 Å². The summed E-state index contributed by atoms with van der Waals surface area (Å²) in [5.74, 6) is -0.114. The van der Waals surface area contributed by atoms with Gasteiger partial charge in [-0.15, -0.1) is 0 Å². The molecular formula is C19H22Cl2N2O4. The Morgan fingerprint density at radius 2 is 1.81 bits per heavy atom. The van der Waals surface area contributed by atoms with E-state index in [4.69, 9.17) is 32.4 Å². The van der Waals surface area contributed by atoms with E-state index in [1.54, 1.807) is 23.3 Å². The van der Waals surface area contributed by atoms with Gasteiger partial charge in [-0.3, -0.25) is 9.59 Å². The Morgan fingerprint density at radius 1 is 1.07 bits per heavy atom. The zero-order valence-electron chi connectivity index (χ0n) is 15.0. The molecule has 27 heavy (non-hydrogen) atoms. The van der Waals surface area contributed by atoms with Crippen molar-refractivity contribution in [2.75, 3.05) is 26.8 Å². The van der Waals surface area contributed by atoms with E-state index in [2.05, 4.69) is 0 Å². The SMILES string of the molecule is COCCN(CC(=O)N(Cc1ccccc1)Cc1ccco1)C(=O)C(Cl)Cl. The molecule has 0 bridgehead atoms. The van der Waals surface area contributed by atoms with Gasteiger partial charge in [0.2, 0.25) is 5.91 Å². The lowest BCUT2D eigenvalue weighted by Crippen LogP contribution is -2.45. The number of methoxy groups -OCH3 is 1. The number of nitrogens with zero attached hydrogens (tertiary/aromatic N) is 2. The normalized spacial score (nSPS) is 10.8. The second-order valence-electron chi connectivity index (χ2n) is 5.87. The molecule has 0 N–H and O–H groups in total.